The first-order chi connectivity index (χ1) is 13.3. The molecule has 0 saturated heterocycles. The van der Waals surface area contributed by atoms with Crippen LogP contribution in [0, 0.1) is 17.8 Å². The van der Waals surface area contributed by atoms with Crippen LogP contribution in [0.2, 0.25) is 0 Å². The molecule has 2 aromatic rings. The molecular weight excluding hydrogens is 356 g/mol. The van der Waals surface area contributed by atoms with Crippen LogP contribution in [0.5, 0.6) is 0 Å². The maximum Gasteiger partial charge on any atom is 0.330 e. The van der Waals surface area contributed by atoms with Gasteiger partial charge in [0.2, 0.25) is 0 Å². The third-order valence-corrected chi connectivity index (χ3v) is 6.29. The summed E-state index contributed by atoms with van der Waals surface area (Å²) >= 11 is 0. The van der Waals surface area contributed by atoms with Crippen molar-refractivity contribution >= 4 is 16.9 Å². The maximum absolute atomic E-state index is 12.9. The molecule has 3 unspecified atom stereocenters. The fraction of sp³-hybridized carbons (Fsp3) is 0.619. The predicted molar refractivity (Wildman–Crippen MR) is 107 cm³/mol. The van der Waals surface area contributed by atoms with Crippen LogP contribution >= 0.6 is 0 Å². The second-order valence-electron chi connectivity index (χ2n) is 8.86. The summed E-state index contributed by atoms with van der Waals surface area (Å²) in [4.78, 5) is 44.0. The second-order valence-corrected chi connectivity index (χ2v) is 8.86. The average Bonchev–Trinajstić information content (AvgIpc) is 3.46. The first-order valence-electron chi connectivity index (χ1n) is 10.3. The lowest BCUT2D eigenvalue weighted by Crippen LogP contribution is -2.45. The monoisotopic (exact) mass is 384 g/mol. The summed E-state index contributed by atoms with van der Waals surface area (Å²) in [5, 5.41) is 3.47. The number of hydrogen-bond acceptors (Lipinski definition) is 4. The third-order valence-electron chi connectivity index (χ3n) is 6.29. The number of aromatic amines is 1. The number of nitrogens with zero attached hydrogens (tertiary/aromatic N) is 2. The molecule has 0 spiro atoms. The number of H-pyrrole nitrogens is 1. The van der Waals surface area contributed by atoms with E-state index in [4.69, 9.17) is 0 Å². The van der Waals surface area contributed by atoms with Crippen molar-refractivity contribution < 1.29 is 4.79 Å². The van der Waals surface area contributed by atoms with Crippen molar-refractivity contribution in [3.8, 4) is 0 Å². The van der Waals surface area contributed by atoms with E-state index in [9.17, 15) is 14.4 Å². The summed E-state index contributed by atoms with van der Waals surface area (Å²) in [6, 6.07) is 1.78. The molecule has 0 aromatic carbocycles. The highest BCUT2D eigenvalue weighted by molar-refractivity contribution is 5.96. The SMILES string of the molecule is CC1CCC(C(C)C)C(NC(=O)c2cnc3c(c2)c(=O)[nH]c(=O)n3C2CC2)C1. The first kappa shape index (κ1) is 18.9. The van der Waals surface area contributed by atoms with Gasteiger partial charge < -0.3 is 5.32 Å². The van der Waals surface area contributed by atoms with E-state index in [1.165, 1.54) is 17.2 Å². The van der Waals surface area contributed by atoms with Crippen LogP contribution in [-0.2, 0) is 0 Å². The molecule has 2 heterocycles. The van der Waals surface area contributed by atoms with Crippen molar-refractivity contribution in [3.05, 3.63) is 38.7 Å². The molecule has 3 atom stereocenters. The van der Waals surface area contributed by atoms with Crippen LogP contribution in [0.15, 0.2) is 21.9 Å². The summed E-state index contributed by atoms with van der Waals surface area (Å²) in [5.41, 5.74) is -0.204. The lowest BCUT2D eigenvalue weighted by atomic mass is 9.74. The predicted octanol–water partition coefficient (Wildman–Crippen LogP) is 2.61. The minimum Gasteiger partial charge on any atom is -0.349 e. The van der Waals surface area contributed by atoms with Crippen LogP contribution in [0.25, 0.3) is 11.0 Å². The highest BCUT2D eigenvalue weighted by atomic mass is 16.2. The van der Waals surface area contributed by atoms with E-state index >= 15 is 0 Å². The smallest absolute Gasteiger partial charge is 0.330 e. The third kappa shape index (κ3) is 3.50. The van der Waals surface area contributed by atoms with Gasteiger partial charge in [-0.15, -0.1) is 0 Å². The van der Waals surface area contributed by atoms with Gasteiger partial charge in [0.15, 0.2) is 0 Å². The molecule has 0 radical (unpaired) electrons. The molecule has 2 fully saturated rings. The molecule has 28 heavy (non-hydrogen) atoms. The van der Waals surface area contributed by atoms with Gasteiger partial charge in [0.05, 0.1) is 10.9 Å². The highest BCUT2D eigenvalue weighted by Gasteiger charge is 2.32. The summed E-state index contributed by atoms with van der Waals surface area (Å²) in [6.07, 6.45) is 6.57. The number of hydrogen-bond donors (Lipinski definition) is 2. The van der Waals surface area contributed by atoms with Crippen LogP contribution in [0.1, 0.15) is 69.3 Å². The summed E-state index contributed by atoms with van der Waals surface area (Å²) < 4.78 is 1.54. The van der Waals surface area contributed by atoms with E-state index < -0.39 is 11.2 Å². The molecule has 1 amide bonds. The molecule has 7 nitrogen and oxygen atoms in total. The number of rotatable bonds is 4. The minimum atomic E-state index is -0.495. The summed E-state index contributed by atoms with van der Waals surface area (Å²) in [6.45, 7) is 6.63. The van der Waals surface area contributed by atoms with Gasteiger partial charge >= 0.3 is 5.69 Å². The van der Waals surface area contributed by atoms with E-state index in [2.05, 4.69) is 36.1 Å². The van der Waals surface area contributed by atoms with Crippen molar-refractivity contribution in [2.75, 3.05) is 0 Å². The van der Waals surface area contributed by atoms with Crippen LogP contribution in [0.4, 0.5) is 0 Å². The topological polar surface area (TPSA) is 96.8 Å². The summed E-state index contributed by atoms with van der Waals surface area (Å²) in [7, 11) is 0. The zero-order chi connectivity index (χ0) is 20.0. The van der Waals surface area contributed by atoms with Gasteiger partial charge in [0, 0.05) is 18.3 Å². The van der Waals surface area contributed by atoms with Gasteiger partial charge in [-0.25, -0.2) is 9.78 Å². The zero-order valence-corrected chi connectivity index (χ0v) is 16.7. The van der Waals surface area contributed by atoms with Gasteiger partial charge in [-0.1, -0.05) is 27.2 Å². The molecule has 2 aromatic heterocycles. The molecule has 150 valence electrons. The average molecular weight is 384 g/mol. The lowest BCUT2D eigenvalue weighted by Gasteiger charge is -2.37. The Balaban J connectivity index is 1.64. The Bertz CT molecular complexity index is 1020. The maximum atomic E-state index is 12.9. The minimum absolute atomic E-state index is 0.0922. The van der Waals surface area contributed by atoms with Gasteiger partial charge in [-0.2, -0.15) is 0 Å². The Morgan fingerprint density at radius 1 is 1.25 bits per heavy atom. The highest BCUT2D eigenvalue weighted by Crippen LogP contribution is 2.35. The first-order valence-corrected chi connectivity index (χ1v) is 10.3. The van der Waals surface area contributed by atoms with Crippen molar-refractivity contribution in [2.24, 2.45) is 17.8 Å². The summed E-state index contributed by atoms with van der Waals surface area (Å²) in [5.74, 6) is 1.34. The van der Waals surface area contributed by atoms with Crippen LogP contribution < -0.4 is 16.6 Å². The molecular formula is C21H28N4O3. The van der Waals surface area contributed by atoms with Gasteiger partial charge in [0.1, 0.15) is 5.65 Å². The Morgan fingerprint density at radius 2 is 2.00 bits per heavy atom. The van der Waals surface area contributed by atoms with Crippen molar-refractivity contribution in [3.63, 3.8) is 0 Å². The Kier molecular flexibility index (Phi) is 4.85. The van der Waals surface area contributed by atoms with Crippen LogP contribution in [-0.4, -0.2) is 26.5 Å². The zero-order valence-electron chi connectivity index (χ0n) is 16.7. The van der Waals surface area contributed by atoms with E-state index in [1.807, 2.05) is 0 Å². The Hall–Kier alpha value is -2.44. The second kappa shape index (κ2) is 7.18. The number of nitrogens with one attached hydrogen (secondary N) is 2. The van der Waals surface area contributed by atoms with E-state index in [0.29, 0.717) is 29.0 Å². The molecule has 0 bridgehead atoms. The molecule has 2 N–H and O–H groups in total. The van der Waals surface area contributed by atoms with Crippen molar-refractivity contribution in [2.45, 2.75) is 65.0 Å². The van der Waals surface area contributed by atoms with Gasteiger partial charge in [0.25, 0.3) is 11.5 Å². The number of pyridine rings is 1. The number of carbonyl (C=O) groups is 1. The molecule has 2 saturated carbocycles. The quantitative estimate of drug-likeness (QED) is 0.847. The molecule has 2 aliphatic rings. The van der Waals surface area contributed by atoms with Gasteiger partial charge in [-0.05, 0) is 49.5 Å². The number of carbonyl (C=O) groups excluding carboxylic acids is 1. The van der Waals surface area contributed by atoms with Crippen molar-refractivity contribution in [1.29, 1.82) is 0 Å². The molecule has 4 rings (SSSR count). The largest absolute Gasteiger partial charge is 0.349 e. The van der Waals surface area contributed by atoms with Crippen LogP contribution in [0.3, 0.4) is 0 Å². The normalized spacial score (nSPS) is 25.2. The molecule has 0 aliphatic heterocycles. The van der Waals surface area contributed by atoms with E-state index in [-0.39, 0.29) is 23.4 Å². The Morgan fingerprint density at radius 3 is 2.68 bits per heavy atom. The number of fused-ring (bicyclic) bond motifs is 1. The van der Waals surface area contributed by atoms with E-state index in [1.54, 1.807) is 6.07 Å². The number of amides is 1. The molecule has 2 aliphatic carbocycles. The lowest BCUT2D eigenvalue weighted by molar-refractivity contribution is 0.0867. The van der Waals surface area contributed by atoms with Gasteiger partial charge in [-0.3, -0.25) is 19.1 Å². The molecule has 7 heteroatoms. The standard InChI is InChI=1S/C21H28N4O3/c1-11(2)15-7-4-12(3)8-17(15)23-19(26)13-9-16-18(22-10-13)25(14-5-6-14)21(28)24-20(16)27/h9-12,14-15,17H,4-8H2,1-3H3,(H,23,26)(H,24,27,28). The van der Waals surface area contributed by atoms with E-state index in [0.717, 1.165) is 25.7 Å². The fourth-order valence-electron chi connectivity index (χ4n) is 4.55. The van der Waals surface area contributed by atoms with Crippen molar-refractivity contribution in [1.82, 2.24) is 19.9 Å². The Labute approximate surface area is 163 Å². The number of aromatic nitrogens is 3. The fourth-order valence-corrected chi connectivity index (χ4v) is 4.55.